The fourth-order valence-electron chi connectivity index (χ4n) is 1.96. The van der Waals surface area contributed by atoms with E-state index in [1.807, 2.05) is 0 Å². The van der Waals surface area contributed by atoms with Crippen molar-refractivity contribution in [2.45, 2.75) is 18.8 Å². The zero-order chi connectivity index (χ0) is 14.3. The number of carbonyl (C=O) groups is 1. The van der Waals surface area contributed by atoms with Crippen molar-refractivity contribution in [3.8, 4) is 10.6 Å². The van der Waals surface area contributed by atoms with E-state index < -0.39 is 5.82 Å². The van der Waals surface area contributed by atoms with Crippen LogP contribution in [-0.2, 0) is 4.74 Å². The van der Waals surface area contributed by atoms with Gasteiger partial charge in [-0.1, -0.05) is 11.6 Å². The van der Waals surface area contributed by atoms with Crippen molar-refractivity contribution in [2.75, 3.05) is 7.11 Å². The Hall–Kier alpha value is -1.46. The lowest BCUT2D eigenvalue weighted by molar-refractivity contribution is 0.0604. The Bertz CT molecular complexity index is 682. The maximum atomic E-state index is 13.2. The Balaban J connectivity index is 2.05. The molecule has 3 rings (SSSR count). The summed E-state index contributed by atoms with van der Waals surface area (Å²) in [5.74, 6) is -0.503. The van der Waals surface area contributed by atoms with Gasteiger partial charge in [-0.3, -0.25) is 0 Å². The molecule has 0 unspecified atom stereocenters. The Morgan fingerprint density at radius 2 is 2.25 bits per heavy atom. The van der Waals surface area contributed by atoms with Crippen molar-refractivity contribution >= 4 is 28.9 Å². The molecule has 3 nitrogen and oxygen atoms in total. The lowest BCUT2D eigenvalue weighted by atomic mass is 10.2. The zero-order valence-corrected chi connectivity index (χ0v) is 12.2. The van der Waals surface area contributed by atoms with E-state index in [9.17, 15) is 9.18 Å². The van der Waals surface area contributed by atoms with Gasteiger partial charge in [-0.05, 0) is 31.0 Å². The van der Waals surface area contributed by atoms with Gasteiger partial charge in [-0.15, -0.1) is 11.3 Å². The van der Waals surface area contributed by atoms with Gasteiger partial charge >= 0.3 is 5.97 Å². The number of hydrogen-bond donors (Lipinski definition) is 0. The molecule has 1 fully saturated rings. The minimum atomic E-state index is -0.470. The molecule has 0 atom stereocenters. The maximum Gasteiger partial charge on any atom is 0.350 e. The van der Waals surface area contributed by atoms with Crippen LogP contribution in [0.15, 0.2) is 18.2 Å². The van der Waals surface area contributed by atoms with Gasteiger partial charge in [-0.25, -0.2) is 14.2 Å². The fourth-order valence-corrected chi connectivity index (χ4v) is 3.20. The van der Waals surface area contributed by atoms with Gasteiger partial charge in [-0.2, -0.15) is 0 Å². The highest BCUT2D eigenvalue weighted by atomic mass is 35.5. The highest BCUT2D eigenvalue weighted by Crippen LogP contribution is 2.44. The van der Waals surface area contributed by atoms with Crippen LogP contribution in [0.3, 0.4) is 0 Å². The SMILES string of the molecule is COC(=O)c1sc(-c2ccc(F)c(Cl)c2)nc1C1CC1. The smallest absolute Gasteiger partial charge is 0.350 e. The standard InChI is InChI=1S/C14H11ClFNO2S/c1-19-14(18)12-11(7-2-3-7)17-13(20-12)8-4-5-10(16)9(15)6-8/h4-7H,2-3H2,1H3. The van der Waals surface area contributed by atoms with Gasteiger partial charge in [0.15, 0.2) is 0 Å². The summed E-state index contributed by atoms with van der Waals surface area (Å²) >= 11 is 7.05. The Labute approximate surface area is 124 Å². The van der Waals surface area contributed by atoms with E-state index >= 15 is 0 Å². The molecule has 0 aliphatic heterocycles. The second-order valence-electron chi connectivity index (χ2n) is 4.63. The number of rotatable bonds is 3. The fraction of sp³-hybridized carbons (Fsp3) is 0.286. The zero-order valence-electron chi connectivity index (χ0n) is 10.7. The molecule has 6 heteroatoms. The van der Waals surface area contributed by atoms with Crippen LogP contribution < -0.4 is 0 Å². The second kappa shape index (κ2) is 5.14. The van der Waals surface area contributed by atoms with Crippen LogP contribution in [0.2, 0.25) is 5.02 Å². The third-order valence-electron chi connectivity index (χ3n) is 3.15. The molecule has 0 N–H and O–H groups in total. The van der Waals surface area contributed by atoms with Crippen LogP contribution in [0.5, 0.6) is 0 Å². The molecule has 1 aromatic carbocycles. The van der Waals surface area contributed by atoms with Crippen molar-refractivity contribution in [2.24, 2.45) is 0 Å². The van der Waals surface area contributed by atoms with Crippen molar-refractivity contribution < 1.29 is 13.9 Å². The number of ether oxygens (including phenoxy) is 1. The lowest BCUT2D eigenvalue weighted by Crippen LogP contribution is -2.01. The predicted octanol–water partition coefficient (Wildman–Crippen LogP) is 4.27. The number of aromatic nitrogens is 1. The molecule has 0 spiro atoms. The second-order valence-corrected chi connectivity index (χ2v) is 6.03. The van der Waals surface area contributed by atoms with E-state index in [2.05, 4.69) is 4.98 Å². The molecule has 1 aliphatic rings. The van der Waals surface area contributed by atoms with E-state index in [1.165, 1.54) is 30.6 Å². The maximum absolute atomic E-state index is 13.2. The summed E-state index contributed by atoms with van der Waals surface area (Å²) in [6, 6.07) is 4.43. The molecule has 0 saturated heterocycles. The van der Waals surface area contributed by atoms with Crippen molar-refractivity contribution in [1.29, 1.82) is 0 Å². The predicted molar refractivity (Wildman–Crippen MR) is 75.8 cm³/mol. The summed E-state index contributed by atoms with van der Waals surface area (Å²) in [5, 5.41) is 0.708. The average Bonchev–Trinajstić information content (AvgIpc) is 3.20. The number of benzene rings is 1. The molecule has 0 radical (unpaired) electrons. The van der Waals surface area contributed by atoms with E-state index in [1.54, 1.807) is 6.07 Å². The monoisotopic (exact) mass is 311 g/mol. The first-order chi connectivity index (χ1) is 9.60. The van der Waals surface area contributed by atoms with E-state index in [0.29, 0.717) is 21.4 Å². The molecular formula is C14H11ClFNO2S. The van der Waals surface area contributed by atoms with Crippen molar-refractivity contribution in [3.63, 3.8) is 0 Å². The van der Waals surface area contributed by atoms with E-state index in [4.69, 9.17) is 16.3 Å². The topological polar surface area (TPSA) is 39.2 Å². The molecular weight excluding hydrogens is 301 g/mol. The summed E-state index contributed by atoms with van der Waals surface area (Å²) in [6.45, 7) is 0. The van der Waals surface area contributed by atoms with Gasteiger partial charge in [0.2, 0.25) is 0 Å². The van der Waals surface area contributed by atoms with Crippen LogP contribution in [0.25, 0.3) is 10.6 Å². The average molecular weight is 312 g/mol. The number of halogens is 2. The summed E-state index contributed by atoms with van der Waals surface area (Å²) in [5.41, 5.74) is 1.50. The molecule has 2 aromatic rings. The normalized spacial score (nSPS) is 14.3. The minimum Gasteiger partial charge on any atom is -0.465 e. The third kappa shape index (κ3) is 2.43. The van der Waals surface area contributed by atoms with E-state index in [0.717, 1.165) is 18.5 Å². The van der Waals surface area contributed by atoms with Gasteiger partial charge in [0.05, 0.1) is 17.8 Å². The number of hydrogen-bond acceptors (Lipinski definition) is 4. The summed E-state index contributed by atoms with van der Waals surface area (Å²) in [4.78, 5) is 16.8. The molecule has 104 valence electrons. The van der Waals surface area contributed by atoms with Gasteiger partial charge in [0.1, 0.15) is 15.7 Å². The van der Waals surface area contributed by atoms with Crippen LogP contribution in [0, 0.1) is 5.82 Å². The van der Waals surface area contributed by atoms with Crippen molar-refractivity contribution in [3.05, 3.63) is 39.6 Å². The van der Waals surface area contributed by atoms with Gasteiger partial charge in [0.25, 0.3) is 0 Å². The highest BCUT2D eigenvalue weighted by Gasteiger charge is 2.32. The molecule has 1 aliphatic carbocycles. The molecule has 1 heterocycles. The molecule has 0 bridgehead atoms. The van der Waals surface area contributed by atoms with E-state index in [-0.39, 0.29) is 11.0 Å². The minimum absolute atomic E-state index is 0.0466. The Morgan fingerprint density at radius 1 is 1.50 bits per heavy atom. The van der Waals surface area contributed by atoms with Crippen LogP contribution in [0.4, 0.5) is 4.39 Å². The number of carbonyl (C=O) groups excluding carboxylic acids is 1. The highest BCUT2D eigenvalue weighted by molar-refractivity contribution is 7.17. The quantitative estimate of drug-likeness (QED) is 0.795. The Kier molecular flexibility index (Phi) is 3.48. The summed E-state index contributed by atoms with van der Waals surface area (Å²) in [6.07, 6.45) is 2.08. The summed E-state index contributed by atoms with van der Waals surface area (Å²) < 4.78 is 18.0. The Morgan fingerprint density at radius 3 is 2.85 bits per heavy atom. The molecule has 1 aromatic heterocycles. The first kappa shape index (κ1) is 13.5. The third-order valence-corrected chi connectivity index (χ3v) is 4.54. The lowest BCUT2D eigenvalue weighted by Gasteiger charge is -1.98. The first-order valence-corrected chi connectivity index (χ1v) is 7.34. The van der Waals surface area contributed by atoms with Gasteiger partial charge < -0.3 is 4.74 Å². The van der Waals surface area contributed by atoms with Gasteiger partial charge in [0, 0.05) is 11.5 Å². The van der Waals surface area contributed by atoms with Crippen molar-refractivity contribution in [1.82, 2.24) is 4.98 Å². The first-order valence-electron chi connectivity index (χ1n) is 6.14. The molecule has 0 amide bonds. The largest absolute Gasteiger partial charge is 0.465 e. The number of thiazole rings is 1. The number of methoxy groups -OCH3 is 1. The van der Waals surface area contributed by atoms with Crippen LogP contribution in [0.1, 0.15) is 34.1 Å². The number of esters is 1. The molecule has 1 saturated carbocycles. The van der Waals surface area contributed by atoms with Crippen LogP contribution in [-0.4, -0.2) is 18.1 Å². The number of nitrogens with zero attached hydrogens (tertiary/aromatic N) is 1. The van der Waals surface area contributed by atoms with Crippen LogP contribution >= 0.6 is 22.9 Å². The molecule has 20 heavy (non-hydrogen) atoms. The summed E-state index contributed by atoms with van der Waals surface area (Å²) in [7, 11) is 1.35.